The molecule has 1 saturated heterocycles. The first-order valence-corrected chi connectivity index (χ1v) is 10.2. The number of thioether (sulfide) groups is 1. The van der Waals surface area contributed by atoms with Crippen molar-refractivity contribution in [2.24, 2.45) is 0 Å². The van der Waals surface area contributed by atoms with Gasteiger partial charge >= 0.3 is 0 Å². The Hall–Kier alpha value is -2.71. The molecule has 1 aliphatic rings. The fourth-order valence-electron chi connectivity index (χ4n) is 3.05. The molecule has 8 heteroatoms. The molecule has 4 rings (SSSR count). The highest BCUT2D eigenvalue weighted by Crippen LogP contribution is 2.25. The van der Waals surface area contributed by atoms with E-state index >= 15 is 0 Å². The second kappa shape index (κ2) is 8.53. The number of carbonyl (C=O) groups excluding carboxylic acids is 1. The van der Waals surface area contributed by atoms with Gasteiger partial charge in [0.2, 0.25) is 17.6 Å². The van der Waals surface area contributed by atoms with Crippen molar-refractivity contribution in [2.75, 3.05) is 0 Å². The standard InChI is InChI=1S/C20H21N5O2S/c1-2-13-3-5-15(6-4-13)19-24-18(27-25-19)12-28-20-22-16(11-17(26)23-20)14-7-9-21-10-8-14/h3-10,16,20,22H,2,11-12H2,1H3,(H,23,26). The van der Waals surface area contributed by atoms with Gasteiger partial charge in [0.05, 0.1) is 5.75 Å². The number of nitrogens with zero attached hydrogens (tertiary/aromatic N) is 3. The Labute approximate surface area is 167 Å². The highest BCUT2D eigenvalue weighted by atomic mass is 32.2. The lowest BCUT2D eigenvalue weighted by Crippen LogP contribution is -2.50. The summed E-state index contributed by atoms with van der Waals surface area (Å²) in [5.41, 5.74) is 3.02. The van der Waals surface area contributed by atoms with E-state index in [2.05, 4.69) is 44.8 Å². The third-order valence-electron chi connectivity index (χ3n) is 4.60. The maximum atomic E-state index is 12.1. The van der Waals surface area contributed by atoms with Crippen molar-refractivity contribution in [3.63, 3.8) is 0 Å². The van der Waals surface area contributed by atoms with Crippen LogP contribution in [0.1, 0.15) is 36.4 Å². The van der Waals surface area contributed by atoms with Gasteiger partial charge in [0.15, 0.2) is 0 Å². The Morgan fingerprint density at radius 2 is 1.96 bits per heavy atom. The van der Waals surface area contributed by atoms with Crippen LogP contribution < -0.4 is 10.6 Å². The first kappa shape index (κ1) is 18.6. The maximum absolute atomic E-state index is 12.1. The summed E-state index contributed by atoms with van der Waals surface area (Å²) in [5.74, 6) is 1.62. The lowest BCUT2D eigenvalue weighted by atomic mass is 10.0. The largest absolute Gasteiger partial charge is 0.338 e. The van der Waals surface area contributed by atoms with Gasteiger partial charge in [-0.2, -0.15) is 4.98 Å². The number of rotatable bonds is 6. The van der Waals surface area contributed by atoms with Crippen molar-refractivity contribution in [3.05, 3.63) is 65.8 Å². The molecule has 0 spiro atoms. The van der Waals surface area contributed by atoms with E-state index in [9.17, 15) is 4.79 Å². The van der Waals surface area contributed by atoms with Crippen molar-refractivity contribution >= 4 is 17.7 Å². The van der Waals surface area contributed by atoms with Gasteiger partial charge < -0.3 is 9.84 Å². The molecule has 144 valence electrons. The minimum Gasteiger partial charge on any atom is -0.338 e. The highest BCUT2D eigenvalue weighted by molar-refractivity contribution is 7.99. The summed E-state index contributed by atoms with van der Waals surface area (Å²) in [6, 6.07) is 12.0. The number of aromatic nitrogens is 3. The van der Waals surface area contributed by atoms with Crippen LogP contribution in [0.3, 0.4) is 0 Å². The van der Waals surface area contributed by atoms with Crippen molar-refractivity contribution in [1.82, 2.24) is 25.8 Å². The predicted octanol–water partition coefficient (Wildman–Crippen LogP) is 3.06. The summed E-state index contributed by atoms with van der Waals surface area (Å²) in [4.78, 5) is 20.6. The highest BCUT2D eigenvalue weighted by Gasteiger charge is 2.27. The molecule has 1 fully saturated rings. The summed E-state index contributed by atoms with van der Waals surface area (Å²) in [6.07, 6.45) is 4.87. The molecule has 2 atom stereocenters. The molecule has 7 nitrogen and oxygen atoms in total. The van der Waals surface area contributed by atoms with E-state index in [4.69, 9.17) is 4.52 Å². The van der Waals surface area contributed by atoms with E-state index in [1.807, 2.05) is 24.3 Å². The Balaban J connectivity index is 1.37. The van der Waals surface area contributed by atoms with Crippen LogP contribution in [0.15, 0.2) is 53.3 Å². The topological polar surface area (TPSA) is 92.9 Å². The van der Waals surface area contributed by atoms with Crippen LogP contribution in [0.5, 0.6) is 0 Å². The number of pyridine rings is 1. The van der Waals surface area contributed by atoms with E-state index in [1.54, 1.807) is 12.4 Å². The van der Waals surface area contributed by atoms with Crippen molar-refractivity contribution in [2.45, 2.75) is 37.1 Å². The van der Waals surface area contributed by atoms with Crippen LogP contribution in [-0.4, -0.2) is 26.5 Å². The number of nitrogens with one attached hydrogen (secondary N) is 2. The first-order chi connectivity index (χ1) is 13.7. The van der Waals surface area contributed by atoms with E-state index in [1.165, 1.54) is 17.3 Å². The zero-order valence-electron chi connectivity index (χ0n) is 15.5. The average Bonchev–Trinajstić information content (AvgIpc) is 3.22. The fourth-order valence-corrected chi connectivity index (χ4v) is 3.95. The van der Waals surface area contributed by atoms with Gasteiger partial charge in [-0.1, -0.05) is 36.3 Å². The number of amides is 1. The minimum absolute atomic E-state index is 0.0142. The lowest BCUT2D eigenvalue weighted by molar-refractivity contribution is -0.123. The third-order valence-corrected chi connectivity index (χ3v) is 5.61. The molecule has 2 N–H and O–H groups in total. The van der Waals surface area contributed by atoms with Gasteiger partial charge in [0, 0.05) is 30.4 Å². The van der Waals surface area contributed by atoms with Crippen molar-refractivity contribution in [1.29, 1.82) is 0 Å². The monoisotopic (exact) mass is 395 g/mol. The molecule has 0 bridgehead atoms. The molecule has 1 amide bonds. The Morgan fingerprint density at radius 3 is 2.71 bits per heavy atom. The number of carbonyl (C=O) groups is 1. The zero-order valence-corrected chi connectivity index (χ0v) is 16.3. The van der Waals surface area contributed by atoms with Gasteiger partial charge in [-0.25, -0.2) is 0 Å². The van der Waals surface area contributed by atoms with Crippen LogP contribution in [0.2, 0.25) is 0 Å². The van der Waals surface area contributed by atoms with Crippen LogP contribution in [0.4, 0.5) is 0 Å². The minimum atomic E-state index is -0.224. The Bertz CT molecular complexity index is 929. The average molecular weight is 395 g/mol. The molecule has 2 unspecified atom stereocenters. The molecule has 28 heavy (non-hydrogen) atoms. The van der Waals surface area contributed by atoms with E-state index < -0.39 is 0 Å². The lowest BCUT2D eigenvalue weighted by Gasteiger charge is -2.31. The zero-order chi connectivity index (χ0) is 19.3. The summed E-state index contributed by atoms with van der Waals surface area (Å²) in [5, 5.41) is 10.4. The summed E-state index contributed by atoms with van der Waals surface area (Å²) < 4.78 is 5.37. The number of aryl methyl sites for hydroxylation is 1. The smallest absolute Gasteiger partial charge is 0.237 e. The van der Waals surface area contributed by atoms with Crippen molar-refractivity contribution < 1.29 is 9.32 Å². The van der Waals surface area contributed by atoms with Crippen LogP contribution in [0.25, 0.3) is 11.4 Å². The summed E-state index contributed by atoms with van der Waals surface area (Å²) in [7, 11) is 0. The Kier molecular flexibility index (Phi) is 5.68. The second-order valence-corrected chi connectivity index (χ2v) is 7.62. The maximum Gasteiger partial charge on any atom is 0.237 e. The molecule has 1 aliphatic heterocycles. The van der Waals surface area contributed by atoms with Crippen molar-refractivity contribution in [3.8, 4) is 11.4 Å². The number of hydrogen-bond acceptors (Lipinski definition) is 7. The molecule has 3 aromatic rings. The van der Waals surface area contributed by atoms with Crippen LogP contribution in [-0.2, 0) is 17.0 Å². The summed E-state index contributed by atoms with van der Waals surface area (Å²) >= 11 is 1.51. The molecular formula is C20H21N5O2S. The molecule has 3 heterocycles. The fraction of sp³-hybridized carbons (Fsp3) is 0.300. The van der Waals surface area contributed by atoms with Gasteiger partial charge in [-0.05, 0) is 29.7 Å². The van der Waals surface area contributed by atoms with E-state index in [0.29, 0.717) is 23.9 Å². The van der Waals surface area contributed by atoms with Gasteiger partial charge in [0.1, 0.15) is 5.50 Å². The molecule has 0 saturated carbocycles. The normalized spacial score (nSPS) is 19.4. The first-order valence-electron chi connectivity index (χ1n) is 9.20. The predicted molar refractivity (Wildman–Crippen MR) is 107 cm³/mol. The molecule has 0 aliphatic carbocycles. The second-order valence-electron chi connectivity index (χ2n) is 6.52. The van der Waals surface area contributed by atoms with E-state index in [-0.39, 0.29) is 17.4 Å². The van der Waals surface area contributed by atoms with E-state index in [0.717, 1.165) is 17.5 Å². The van der Waals surface area contributed by atoms with Gasteiger partial charge in [-0.15, -0.1) is 11.8 Å². The molecule has 2 aromatic heterocycles. The number of benzene rings is 1. The molecule has 1 aromatic carbocycles. The van der Waals surface area contributed by atoms with Crippen LogP contribution in [0, 0.1) is 0 Å². The van der Waals surface area contributed by atoms with Gasteiger partial charge in [-0.3, -0.25) is 15.1 Å². The Morgan fingerprint density at radius 1 is 1.18 bits per heavy atom. The third kappa shape index (κ3) is 4.40. The quantitative estimate of drug-likeness (QED) is 0.662. The molecule has 0 radical (unpaired) electrons. The SMILES string of the molecule is CCc1ccc(-c2noc(CSC3NC(=O)CC(c4ccncc4)N3)n2)cc1. The van der Waals surface area contributed by atoms with Crippen LogP contribution >= 0.6 is 11.8 Å². The number of hydrogen-bond donors (Lipinski definition) is 2. The molecular weight excluding hydrogens is 374 g/mol. The summed E-state index contributed by atoms with van der Waals surface area (Å²) in [6.45, 7) is 2.12. The van der Waals surface area contributed by atoms with Gasteiger partial charge in [0.25, 0.3) is 0 Å².